The molecule has 3 aromatic carbocycles. The number of phenols is 3. The topological polar surface area (TPSA) is 168 Å². The van der Waals surface area contributed by atoms with E-state index in [2.05, 4.69) is 119 Å². The number of aromatic hydroxyl groups is 3. The van der Waals surface area contributed by atoms with Crippen molar-refractivity contribution in [3.8, 4) is 17.2 Å². The van der Waals surface area contributed by atoms with E-state index in [0.717, 1.165) is 76.6 Å². The zero-order valence-corrected chi connectivity index (χ0v) is 55.2. The molecular formula is C69H109N3O11. The van der Waals surface area contributed by atoms with E-state index in [-0.39, 0.29) is 69.7 Å². The Bertz CT molecular complexity index is 2540. The van der Waals surface area contributed by atoms with Crippen molar-refractivity contribution >= 4 is 17.9 Å². The van der Waals surface area contributed by atoms with Gasteiger partial charge in [0.25, 0.3) is 0 Å². The molecule has 0 aromatic heterocycles. The van der Waals surface area contributed by atoms with Gasteiger partial charge in [0.05, 0.1) is 12.7 Å². The van der Waals surface area contributed by atoms with Crippen LogP contribution < -0.4 is 0 Å². The number of hydrogen-bond acceptors (Lipinski definition) is 14. The van der Waals surface area contributed by atoms with Crippen LogP contribution >= 0.6 is 0 Å². The van der Waals surface area contributed by atoms with Gasteiger partial charge in [0.15, 0.2) is 5.41 Å². The Morgan fingerprint density at radius 2 is 0.880 bits per heavy atom. The second-order valence-electron chi connectivity index (χ2n) is 28.9. The molecule has 14 nitrogen and oxygen atoms in total. The summed E-state index contributed by atoms with van der Waals surface area (Å²) in [4.78, 5) is 60.3. The van der Waals surface area contributed by atoms with Crippen molar-refractivity contribution in [3.63, 3.8) is 0 Å². The number of hydrogen-bond donors (Lipinski definition) is 3. The van der Waals surface area contributed by atoms with Crippen molar-refractivity contribution in [2.75, 3.05) is 33.9 Å². The van der Waals surface area contributed by atoms with E-state index in [4.69, 9.17) is 24.0 Å². The van der Waals surface area contributed by atoms with E-state index >= 15 is 0 Å². The van der Waals surface area contributed by atoms with E-state index < -0.39 is 17.4 Å². The second-order valence-corrected chi connectivity index (χ2v) is 28.9. The molecule has 0 atom stereocenters. The van der Waals surface area contributed by atoms with Gasteiger partial charge in [-0.05, 0) is 234 Å². The molecule has 3 heterocycles. The minimum atomic E-state index is -1.48. The molecule has 83 heavy (non-hydrogen) atoms. The summed E-state index contributed by atoms with van der Waals surface area (Å²) in [5, 5.41) is 30.4. The maximum atomic E-state index is 14.6. The van der Waals surface area contributed by atoms with E-state index in [1.165, 1.54) is 5.56 Å². The maximum absolute atomic E-state index is 14.6. The number of benzene rings is 3. The largest absolute Gasteiger partial charge is 0.507 e. The number of aryl methyl sites for hydroxylation is 8. The summed E-state index contributed by atoms with van der Waals surface area (Å²) in [7, 11) is 4.25. The van der Waals surface area contributed by atoms with Crippen LogP contribution in [0.25, 0.3) is 0 Å². The van der Waals surface area contributed by atoms with Crippen molar-refractivity contribution in [2.45, 2.75) is 273 Å². The number of likely N-dealkylation sites (tertiary alicyclic amines) is 3. The molecule has 3 aliphatic heterocycles. The van der Waals surface area contributed by atoms with Gasteiger partial charge in [-0.3, -0.25) is 29.1 Å². The first kappa shape index (κ1) is 69.0. The molecule has 3 N–H and O–H groups in total. The summed E-state index contributed by atoms with van der Waals surface area (Å²) in [5.74, 6) is -0.256. The fourth-order valence-corrected chi connectivity index (χ4v) is 14.1. The van der Waals surface area contributed by atoms with Crippen LogP contribution in [0.4, 0.5) is 0 Å². The van der Waals surface area contributed by atoms with Gasteiger partial charge in [-0.1, -0.05) is 56.2 Å². The number of phenolic OH excluding ortho intramolecular Hbond substituents is 3. The Labute approximate surface area is 500 Å². The van der Waals surface area contributed by atoms with Gasteiger partial charge in [0.2, 0.25) is 0 Å². The molecule has 3 saturated heterocycles. The highest BCUT2D eigenvalue weighted by Crippen LogP contribution is 2.44. The van der Waals surface area contributed by atoms with Crippen molar-refractivity contribution < 1.29 is 53.7 Å². The van der Waals surface area contributed by atoms with Crippen LogP contribution in [0, 0.1) is 47.0 Å². The molecule has 0 aliphatic carbocycles. The molecule has 14 heteroatoms. The van der Waals surface area contributed by atoms with Gasteiger partial charge < -0.3 is 29.5 Å². The fraction of sp³-hybridized carbons (Fsp3) is 0.696. The highest BCUT2D eigenvalue weighted by molar-refractivity contribution is 6.00. The summed E-state index contributed by atoms with van der Waals surface area (Å²) in [6.45, 7) is 41.1. The third-order valence-corrected chi connectivity index (χ3v) is 19.0. The average Bonchev–Trinajstić information content (AvgIpc) is 3.52. The van der Waals surface area contributed by atoms with Crippen LogP contribution in [0.1, 0.15) is 211 Å². The summed E-state index contributed by atoms with van der Waals surface area (Å²) in [6, 6.07) is 11.7. The third kappa shape index (κ3) is 17.5. The molecule has 0 unspecified atom stereocenters. The molecule has 466 valence electrons. The maximum Gasteiger partial charge on any atom is 0.324 e. The van der Waals surface area contributed by atoms with Gasteiger partial charge in [-0.25, -0.2) is 9.78 Å². The van der Waals surface area contributed by atoms with Crippen molar-refractivity contribution in [3.05, 3.63) is 86.5 Å². The lowest BCUT2D eigenvalue weighted by Gasteiger charge is -2.54. The number of carbonyl (C=O) groups excluding carboxylic acids is 3. The number of rotatable bonds is 21. The van der Waals surface area contributed by atoms with Crippen molar-refractivity contribution in [1.82, 2.24) is 14.7 Å². The van der Waals surface area contributed by atoms with Gasteiger partial charge in [0, 0.05) is 71.9 Å². The number of ether oxygens (including phenoxy) is 3. The third-order valence-electron chi connectivity index (χ3n) is 19.0. The minimum absolute atomic E-state index is 0.0146. The molecule has 3 aliphatic rings. The van der Waals surface area contributed by atoms with Crippen LogP contribution in [0.5, 0.6) is 17.2 Å². The Balaban J connectivity index is 0.000000305. The molecule has 0 radical (unpaired) electrons. The van der Waals surface area contributed by atoms with Gasteiger partial charge in [-0.2, -0.15) is 0 Å². The Morgan fingerprint density at radius 1 is 0.518 bits per heavy atom. The summed E-state index contributed by atoms with van der Waals surface area (Å²) >= 11 is 0. The van der Waals surface area contributed by atoms with E-state index in [1.54, 1.807) is 0 Å². The van der Waals surface area contributed by atoms with Crippen LogP contribution in [0.2, 0.25) is 0 Å². The Hall–Kier alpha value is -4.73. The van der Waals surface area contributed by atoms with Crippen molar-refractivity contribution in [1.29, 1.82) is 0 Å². The number of nitrogens with zero attached hydrogens (tertiary/aromatic N) is 3. The standard InChI is InChI=1S/C36H60N2O5.C33H49NO6/c1-14-15-16-36(19-26-17-24(2)29(39)25(3)18-26,30(40)42-27-20-32(4,5)37(12)33(6,7)21-27)31(41)43-28-22-34(8,9)38(13)35(10,11)23-28;1-22-16-26(17-23(2)30(22)36)10-9-14-39-40-28-20-32(5,6)34(33(7,8)21-28)13-15-38-29(35)12-11-27-18-24(3)31(37)25(4)19-27/h17-18,27-28,39H,14-16,19-23H2,1-13H3;16-19,28,36-37H,9-15,20-21H2,1-8H3. The number of esters is 3. The lowest BCUT2D eigenvalue weighted by Crippen LogP contribution is -2.62. The quantitative estimate of drug-likeness (QED) is 0.0230. The number of piperidine rings is 3. The van der Waals surface area contributed by atoms with Crippen molar-refractivity contribution in [2.24, 2.45) is 5.41 Å². The minimum Gasteiger partial charge on any atom is -0.507 e. The van der Waals surface area contributed by atoms with Crippen LogP contribution in [0.15, 0.2) is 36.4 Å². The zero-order chi connectivity index (χ0) is 62.4. The highest BCUT2D eigenvalue weighted by atomic mass is 17.2. The summed E-state index contributed by atoms with van der Waals surface area (Å²) < 4.78 is 18.4. The molecule has 6 rings (SSSR count). The summed E-state index contributed by atoms with van der Waals surface area (Å²) in [5.41, 5.74) is 5.47. The van der Waals surface area contributed by atoms with Crippen LogP contribution in [-0.4, -0.2) is 133 Å². The highest BCUT2D eigenvalue weighted by Gasteiger charge is 2.54. The predicted octanol–water partition coefficient (Wildman–Crippen LogP) is 13.5. The molecule has 3 aromatic rings. The Morgan fingerprint density at radius 3 is 1.27 bits per heavy atom. The molecule has 3 fully saturated rings. The van der Waals surface area contributed by atoms with Gasteiger partial charge >= 0.3 is 17.9 Å². The molecule has 0 amide bonds. The molecule has 0 saturated carbocycles. The van der Waals surface area contributed by atoms with Gasteiger partial charge in [0.1, 0.15) is 36.1 Å². The Kier molecular flexibility index (Phi) is 22.7. The number of carbonyl (C=O) groups is 3. The van der Waals surface area contributed by atoms with E-state index in [0.29, 0.717) is 82.6 Å². The first-order chi connectivity index (χ1) is 38.3. The van der Waals surface area contributed by atoms with Crippen LogP contribution in [-0.2, 0) is 57.6 Å². The lowest BCUT2D eigenvalue weighted by molar-refractivity contribution is -0.340. The normalized spacial score (nSPS) is 20.1. The number of unbranched alkanes of at least 4 members (excludes halogenated alkanes) is 1. The first-order valence-corrected chi connectivity index (χ1v) is 30.8. The average molecular weight is 1160 g/mol. The predicted molar refractivity (Wildman–Crippen MR) is 331 cm³/mol. The van der Waals surface area contributed by atoms with E-state index in [9.17, 15) is 29.7 Å². The van der Waals surface area contributed by atoms with Crippen LogP contribution in [0.3, 0.4) is 0 Å². The second kappa shape index (κ2) is 27.3. The molecule has 0 bridgehead atoms. The smallest absolute Gasteiger partial charge is 0.324 e. The molecule has 0 spiro atoms. The van der Waals surface area contributed by atoms with E-state index in [1.807, 2.05) is 77.9 Å². The first-order valence-electron chi connectivity index (χ1n) is 30.8. The SMILES string of the molecule is CCCCC(Cc1cc(C)c(O)c(C)c1)(C(=O)OC1CC(C)(C)N(C)C(C)(C)C1)C(=O)OC1CC(C)(C)N(C)C(C)(C)C1.Cc1cc(CCCOOC2CC(C)(C)N(CCOC(=O)CCc3cc(C)c(O)c(C)c3)C(C)(C)C2)cc(C)c1O. The van der Waals surface area contributed by atoms with Gasteiger partial charge in [-0.15, -0.1) is 0 Å². The lowest BCUT2D eigenvalue weighted by atomic mass is 9.75. The monoisotopic (exact) mass is 1160 g/mol. The zero-order valence-electron chi connectivity index (χ0n) is 55.2. The fourth-order valence-electron chi connectivity index (χ4n) is 14.1. The molecular weight excluding hydrogens is 1050 g/mol. The summed E-state index contributed by atoms with van der Waals surface area (Å²) in [6.07, 6.45) is 8.40.